The molecule has 1 fully saturated rings. The first-order valence-corrected chi connectivity index (χ1v) is 10.2. The second-order valence-corrected chi connectivity index (χ2v) is 7.46. The quantitative estimate of drug-likeness (QED) is 0.291. The first-order chi connectivity index (χ1) is 10.3. The number of carbonyl (C=O) groups is 1. The van der Waals surface area contributed by atoms with E-state index in [2.05, 4.69) is 6.92 Å². The van der Waals surface area contributed by atoms with Crippen LogP contribution >= 0.6 is 11.8 Å². The minimum absolute atomic E-state index is 0.0366. The van der Waals surface area contributed by atoms with E-state index < -0.39 is 0 Å². The molecular formula is C18H34O2S. The predicted molar refractivity (Wildman–Crippen MR) is 92.9 cm³/mol. The van der Waals surface area contributed by atoms with Crippen molar-refractivity contribution in [1.29, 1.82) is 0 Å². The first kappa shape index (κ1) is 18.9. The van der Waals surface area contributed by atoms with E-state index in [1.54, 1.807) is 0 Å². The highest BCUT2D eigenvalue weighted by Crippen LogP contribution is 2.30. The smallest absolute Gasteiger partial charge is 0.308 e. The van der Waals surface area contributed by atoms with Crippen molar-refractivity contribution in [2.75, 3.05) is 18.1 Å². The molecule has 0 aromatic rings. The number of unbranched alkanes of at least 4 members (excludes halogenated alkanes) is 9. The molecule has 0 radical (unpaired) electrons. The average molecular weight is 315 g/mol. The Balaban J connectivity index is 1.66. The molecule has 1 saturated carbocycles. The lowest BCUT2D eigenvalue weighted by Gasteiger charge is -2.04. The minimum atomic E-state index is 0.0366. The Bertz CT molecular complexity index is 252. The Morgan fingerprint density at radius 3 is 2.05 bits per heavy atom. The fourth-order valence-corrected chi connectivity index (χ4v) is 3.25. The summed E-state index contributed by atoms with van der Waals surface area (Å²) in [6.07, 6.45) is 16.1. The van der Waals surface area contributed by atoms with E-state index in [4.69, 9.17) is 4.74 Å². The topological polar surface area (TPSA) is 26.3 Å². The molecule has 0 spiro atoms. The molecule has 0 saturated heterocycles. The molecule has 0 aromatic heterocycles. The molecule has 21 heavy (non-hydrogen) atoms. The van der Waals surface area contributed by atoms with Crippen LogP contribution in [0, 0.1) is 5.92 Å². The Kier molecular flexibility index (Phi) is 12.1. The zero-order valence-corrected chi connectivity index (χ0v) is 14.7. The normalized spacial score (nSPS) is 14.3. The summed E-state index contributed by atoms with van der Waals surface area (Å²) in [4.78, 5) is 11.3. The van der Waals surface area contributed by atoms with Gasteiger partial charge in [0, 0.05) is 5.75 Å². The molecule has 0 atom stereocenters. The molecule has 3 heteroatoms. The van der Waals surface area contributed by atoms with Gasteiger partial charge in [-0.3, -0.25) is 4.79 Å². The molecule has 2 nitrogen and oxygen atoms in total. The van der Waals surface area contributed by atoms with Crippen molar-refractivity contribution in [3.63, 3.8) is 0 Å². The largest absolute Gasteiger partial charge is 0.465 e. The first-order valence-electron chi connectivity index (χ1n) is 9.09. The standard InChI is InChI=1S/C18H34O2S/c1-2-3-4-5-6-7-8-9-10-11-15-21-16-14-20-18(19)17-12-13-17/h17H,2-16H2,1H3. The van der Waals surface area contributed by atoms with Crippen molar-refractivity contribution in [3.8, 4) is 0 Å². The zero-order valence-electron chi connectivity index (χ0n) is 13.9. The van der Waals surface area contributed by atoms with Crippen LogP contribution in [-0.4, -0.2) is 24.1 Å². The van der Waals surface area contributed by atoms with Gasteiger partial charge >= 0.3 is 5.97 Å². The summed E-state index contributed by atoms with van der Waals surface area (Å²) in [5.41, 5.74) is 0. The lowest BCUT2D eigenvalue weighted by atomic mass is 10.1. The van der Waals surface area contributed by atoms with Gasteiger partial charge in [-0.2, -0.15) is 11.8 Å². The Morgan fingerprint density at radius 2 is 1.48 bits per heavy atom. The summed E-state index contributed by atoms with van der Waals surface area (Å²) >= 11 is 1.93. The van der Waals surface area contributed by atoms with Gasteiger partial charge in [0.25, 0.3) is 0 Å². The Morgan fingerprint density at radius 1 is 0.905 bits per heavy atom. The van der Waals surface area contributed by atoms with E-state index in [1.165, 1.54) is 70.0 Å². The molecule has 0 unspecified atom stereocenters. The third-order valence-electron chi connectivity index (χ3n) is 4.02. The molecule has 0 aromatic carbocycles. The summed E-state index contributed by atoms with van der Waals surface area (Å²) in [5.74, 6) is 2.47. The molecule has 1 aliphatic rings. The van der Waals surface area contributed by atoms with E-state index in [1.807, 2.05) is 11.8 Å². The maximum Gasteiger partial charge on any atom is 0.308 e. The van der Waals surface area contributed by atoms with Crippen LogP contribution < -0.4 is 0 Å². The summed E-state index contributed by atoms with van der Waals surface area (Å²) in [6, 6.07) is 0. The molecule has 0 bridgehead atoms. The molecule has 0 N–H and O–H groups in total. The van der Waals surface area contributed by atoms with Crippen molar-refractivity contribution < 1.29 is 9.53 Å². The molecule has 1 rings (SSSR count). The summed E-state index contributed by atoms with van der Waals surface area (Å²) < 4.78 is 5.21. The monoisotopic (exact) mass is 314 g/mol. The van der Waals surface area contributed by atoms with E-state index in [-0.39, 0.29) is 11.9 Å². The van der Waals surface area contributed by atoms with Gasteiger partial charge in [0.2, 0.25) is 0 Å². The predicted octanol–water partition coefficient (Wildman–Crippen LogP) is 5.59. The van der Waals surface area contributed by atoms with Crippen molar-refractivity contribution in [1.82, 2.24) is 0 Å². The highest BCUT2D eigenvalue weighted by molar-refractivity contribution is 7.99. The van der Waals surface area contributed by atoms with Gasteiger partial charge in [-0.1, -0.05) is 64.7 Å². The van der Waals surface area contributed by atoms with Crippen LogP contribution in [0.15, 0.2) is 0 Å². The van der Waals surface area contributed by atoms with Gasteiger partial charge in [0.1, 0.15) is 6.61 Å². The van der Waals surface area contributed by atoms with E-state index >= 15 is 0 Å². The Hall–Kier alpha value is -0.180. The molecule has 124 valence electrons. The number of ether oxygens (including phenoxy) is 1. The summed E-state index contributed by atoms with van der Waals surface area (Å²) in [5, 5.41) is 0. The number of hydrogen-bond acceptors (Lipinski definition) is 3. The Labute approximate surface area is 135 Å². The molecule has 1 aliphatic carbocycles. The molecular weight excluding hydrogens is 280 g/mol. The third-order valence-corrected chi connectivity index (χ3v) is 5.06. The van der Waals surface area contributed by atoms with Gasteiger partial charge in [0.05, 0.1) is 5.92 Å². The lowest BCUT2D eigenvalue weighted by Crippen LogP contribution is -2.09. The van der Waals surface area contributed by atoms with E-state index in [9.17, 15) is 4.79 Å². The molecule has 0 amide bonds. The maximum absolute atomic E-state index is 11.3. The van der Waals surface area contributed by atoms with Crippen LogP contribution in [-0.2, 0) is 9.53 Å². The summed E-state index contributed by atoms with van der Waals surface area (Å²) in [6.45, 7) is 2.88. The third kappa shape index (κ3) is 12.1. The summed E-state index contributed by atoms with van der Waals surface area (Å²) in [7, 11) is 0. The lowest BCUT2D eigenvalue weighted by molar-refractivity contribution is -0.144. The van der Waals surface area contributed by atoms with Crippen LogP contribution in [0.4, 0.5) is 0 Å². The molecule has 0 heterocycles. The van der Waals surface area contributed by atoms with Crippen molar-refractivity contribution in [3.05, 3.63) is 0 Å². The number of rotatable bonds is 15. The second-order valence-electron chi connectivity index (χ2n) is 6.24. The number of carbonyl (C=O) groups excluding carboxylic acids is 1. The van der Waals surface area contributed by atoms with E-state index in [0.29, 0.717) is 6.61 Å². The van der Waals surface area contributed by atoms with Crippen LogP contribution in [0.2, 0.25) is 0 Å². The van der Waals surface area contributed by atoms with Crippen LogP contribution in [0.5, 0.6) is 0 Å². The van der Waals surface area contributed by atoms with Gasteiger partial charge in [-0.05, 0) is 25.0 Å². The van der Waals surface area contributed by atoms with Gasteiger partial charge in [-0.15, -0.1) is 0 Å². The SMILES string of the molecule is CCCCCCCCCCCCSCCOC(=O)C1CC1. The number of esters is 1. The van der Waals surface area contributed by atoms with Crippen LogP contribution in [0.3, 0.4) is 0 Å². The number of hydrogen-bond donors (Lipinski definition) is 0. The van der Waals surface area contributed by atoms with Gasteiger partial charge in [0.15, 0.2) is 0 Å². The average Bonchev–Trinajstić information content (AvgIpc) is 3.32. The van der Waals surface area contributed by atoms with Crippen molar-refractivity contribution in [2.24, 2.45) is 5.92 Å². The number of thioether (sulfide) groups is 1. The van der Waals surface area contributed by atoms with Crippen molar-refractivity contribution in [2.45, 2.75) is 84.0 Å². The fourth-order valence-electron chi connectivity index (χ4n) is 2.43. The zero-order chi connectivity index (χ0) is 15.2. The van der Waals surface area contributed by atoms with Gasteiger partial charge < -0.3 is 4.74 Å². The van der Waals surface area contributed by atoms with Crippen molar-refractivity contribution >= 4 is 17.7 Å². The van der Waals surface area contributed by atoms with E-state index in [0.717, 1.165) is 18.6 Å². The molecule has 0 aliphatic heterocycles. The maximum atomic E-state index is 11.3. The minimum Gasteiger partial charge on any atom is -0.465 e. The fraction of sp³-hybridized carbons (Fsp3) is 0.944. The van der Waals surface area contributed by atoms with Gasteiger partial charge in [-0.25, -0.2) is 0 Å². The highest BCUT2D eigenvalue weighted by Gasteiger charge is 2.30. The van der Waals surface area contributed by atoms with Crippen LogP contribution in [0.25, 0.3) is 0 Å². The second kappa shape index (κ2) is 13.5. The van der Waals surface area contributed by atoms with Crippen LogP contribution in [0.1, 0.15) is 84.0 Å². The highest BCUT2D eigenvalue weighted by atomic mass is 32.2.